The van der Waals surface area contributed by atoms with Crippen molar-refractivity contribution in [3.05, 3.63) is 29.8 Å². The number of nitrogens with one attached hydrogen (secondary N) is 2. The molecule has 3 fully saturated rings. The number of hydrogen-bond donors (Lipinski definition) is 2. The van der Waals surface area contributed by atoms with Crippen molar-refractivity contribution in [1.82, 2.24) is 15.5 Å². The van der Waals surface area contributed by atoms with E-state index in [1.807, 2.05) is 0 Å². The first-order chi connectivity index (χ1) is 17.8. The van der Waals surface area contributed by atoms with Gasteiger partial charge in [-0.3, -0.25) is 9.69 Å². The molecular formula is C28H39N5O3S. The van der Waals surface area contributed by atoms with Gasteiger partial charge >= 0.3 is 0 Å². The molecule has 2 unspecified atom stereocenters. The van der Waals surface area contributed by atoms with Gasteiger partial charge in [-0.1, -0.05) is 51.2 Å². The molecule has 1 aromatic carbocycles. The van der Waals surface area contributed by atoms with Crippen molar-refractivity contribution in [1.29, 1.82) is 5.26 Å². The smallest absolute Gasteiger partial charge is 0.285 e. The zero-order valence-corrected chi connectivity index (χ0v) is 22.6. The lowest BCUT2D eigenvalue weighted by Gasteiger charge is -2.34. The number of benzene rings is 1. The van der Waals surface area contributed by atoms with Crippen LogP contribution in [-0.4, -0.2) is 55.8 Å². The molecule has 1 aromatic rings. The van der Waals surface area contributed by atoms with E-state index in [2.05, 4.69) is 32.9 Å². The second kappa shape index (κ2) is 10.7. The van der Waals surface area contributed by atoms with Gasteiger partial charge in [0.05, 0.1) is 6.07 Å². The van der Waals surface area contributed by atoms with Crippen LogP contribution in [0, 0.1) is 23.2 Å². The Kier molecular flexibility index (Phi) is 7.60. The van der Waals surface area contributed by atoms with Gasteiger partial charge in [0.1, 0.15) is 22.3 Å². The van der Waals surface area contributed by atoms with Gasteiger partial charge in [0, 0.05) is 24.7 Å². The number of nitrogens with zero attached hydrogens (tertiary/aromatic N) is 3. The van der Waals surface area contributed by atoms with E-state index in [0.29, 0.717) is 36.9 Å². The number of hydrogen-bond acceptors (Lipinski definition) is 6. The molecule has 2 aliphatic carbocycles. The lowest BCUT2D eigenvalue weighted by molar-refractivity contribution is -0.124. The van der Waals surface area contributed by atoms with Crippen LogP contribution in [0.3, 0.4) is 0 Å². The number of rotatable bonds is 6. The van der Waals surface area contributed by atoms with Crippen molar-refractivity contribution in [2.75, 3.05) is 13.1 Å². The van der Waals surface area contributed by atoms with Gasteiger partial charge in [0.2, 0.25) is 5.91 Å². The highest BCUT2D eigenvalue weighted by atomic mass is 32.2. The Hall–Kier alpha value is -2.44. The van der Waals surface area contributed by atoms with Gasteiger partial charge in [-0.05, 0) is 62.5 Å². The first kappa shape index (κ1) is 26.2. The average Bonchev–Trinajstić information content (AvgIpc) is 3.43. The van der Waals surface area contributed by atoms with Gasteiger partial charge in [0.15, 0.2) is 0 Å². The van der Waals surface area contributed by atoms with Crippen LogP contribution >= 0.6 is 0 Å². The number of nitriles is 1. The number of sulfonamides is 1. The third-order valence-corrected chi connectivity index (χ3v) is 10.3. The van der Waals surface area contributed by atoms with Crippen molar-refractivity contribution >= 4 is 21.8 Å². The minimum atomic E-state index is -3.79. The first-order valence-corrected chi connectivity index (χ1v) is 15.4. The lowest BCUT2D eigenvalue weighted by Crippen LogP contribution is -2.57. The van der Waals surface area contributed by atoms with Crippen LogP contribution in [0.2, 0.25) is 0 Å². The van der Waals surface area contributed by atoms with E-state index in [0.717, 1.165) is 51.0 Å². The maximum atomic E-state index is 13.8. The molecular weight excluding hydrogens is 486 g/mol. The van der Waals surface area contributed by atoms with E-state index in [1.165, 1.54) is 19.3 Å². The fourth-order valence-electron chi connectivity index (χ4n) is 6.67. The molecule has 5 rings (SSSR count). The maximum absolute atomic E-state index is 13.8. The standard InChI is InChI=1S/C28H39N5O3S/c1-20-11-13-22(14-12-20)33-16-15-28(18-29,19-33)31-27(34)24(17-21-7-3-2-4-8-21)30-26-23-9-5-6-10-25(23)37(35,36)32-26/h5-6,9-10,20-22,24H,2-4,7-8,11-17,19H2,1H3,(H,30,32)(H,31,34). The number of likely N-dealkylation sites (tertiary alicyclic amines) is 1. The fraction of sp³-hybridized carbons (Fsp3) is 0.679. The highest BCUT2D eigenvalue weighted by molar-refractivity contribution is 7.90. The first-order valence-electron chi connectivity index (χ1n) is 14.0. The third-order valence-electron chi connectivity index (χ3n) is 8.93. The van der Waals surface area contributed by atoms with Crippen LogP contribution < -0.4 is 10.6 Å². The number of amides is 1. The number of carbonyl (C=O) groups excluding carboxylic acids is 1. The Morgan fingerprint density at radius 1 is 1.16 bits per heavy atom. The van der Waals surface area contributed by atoms with Gasteiger partial charge in [-0.25, -0.2) is 0 Å². The zero-order valence-electron chi connectivity index (χ0n) is 21.8. The summed E-state index contributed by atoms with van der Waals surface area (Å²) in [5, 5.41) is 16.5. The van der Waals surface area contributed by atoms with Crippen LogP contribution in [0.25, 0.3) is 0 Å². The van der Waals surface area contributed by atoms with Crippen LogP contribution in [-0.2, 0) is 14.8 Å². The topological polar surface area (TPSA) is 115 Å². The normalized spacial score (nSPS) is 30.6. The predicted octanol–water partition coefficient (Wildman–Crippen LogP) is 3.73. The molecule has 0 radical (unpaired) electrons. The van der Waals surface area contributed by atoms with Gasteiger partial charge < -0.3 is 10.6 Å². The number of amidine groups is 1. The van der Waals surface area contributed by atoms with E-state index >= 15 is 0 Å². The van der Waals surface area contributed by atoms with Crippen molar-refractivity contribution in [2.45, 2.75) is 100 Å². The van der Waals surface area contributed by atoms with Gasteiger partial charge in [-0.15, -0.1) is 4.40 Å². The molecule has 2 atom stereocenters. The summed E-state index contributed by atoms with van der Waals surface area (Å²) < 4.78 is 29.2. The van der Waals surface area contributed by atoms with E-state index in [-0.39, 0.29) is 16.6 Å². The quantitative estimate of drug-likeness (QED) is 0.585. The molecule has 4 aliphatic rings. The third kappa shape index (κ3) is 5.70. The van der Waals surface area contributed by atoms with E-state index in [1.54, 1.807) is 24.3 Å². The molecule has 0 aromatic heterocycles. The molecule has 9 heteroatoms. The van der Waals surface area contributed by atoms with Crippen molar-refractivity contribution in [3.63, 3.8) is 0 Å². The molecule has 37 heavy (non-hydrogen) atoms. The number of fused-ring (bicyclic) bond motifs is 1. The predicted molar refractivity (Wildman–Crippen MR) is 142 cm³/mol. The summed E-state index contributed by atoms with van der Waals surface area (Å²) in [5.74, 6) is 1.13. The molecule has 2 saturated carbocycles. The maximum Gasteiger partial charge on any atom is 0.285 e. The molecule has 2 aliphatic heterocycles. The minimum absolute atomic E-state index is 0.163. The minimum Gasteiger partial charge on any atom is -0.357 e. The summed E-state index contributed by atoms with van der Waals surface area (Å²) >= 11 is 0. The molecule has 0 spiro atoms. The van der Waals surface area contributed by atoms with E-state index in [4.69, 9.17) is 0 Å². The molecule has 8 nitrogen and oxygen atoms in total. The van der Waals surface area contributed by atoms with Crippen LogP contribution in [0.1, 0.15) is 83.1 Å². The summed E-state index contributed by atoms with van der Waals surface area (Å²) in [6.07, 6.45) is 11.6. The molecule has 0 bridgehead atoms. The second-order valence-electron chi connectivity index (χ2n) is 11.7. The largest absolute Gasteiger partial charge is 0.357 e. The Labute approximate surface area is 221 Å². The van der Waals surface area contributed by atoms with Crippen LogP contribution in [0.4, 0.5) is 0 Å². The highest BCUT2D eigenvalue weighted by Gasteiger charge is 2.44. The second-order valence-corrected chi connectivity index (χ2v) is 13.2. The lowest BCUT2D eigenvalue weighted by atomic mass is 9.84. The Balaban J connectivity index is 1.33. The average molecular weight is 526 g/mol. The van der Waals surface area contributed by atoms with Crippen molar-refractivity contribution in [2.24, 2.45) is 16.2 Å². The monoisotopic (exact) mass is 525 g/mol. The molecule has 2 N–H and O–H groups in total. The zero-order chi connectivity index (χ0) is 26.0. The molecule has 1 amide bonds. The van der Waals surface area contributed by atoms with Gasteiger partial charge in [0.25, 0.3) is 10.0 Å². The van der Waals surface area contributed by atoms with E-state index in [9.17, 15) is 18.5 Å². The summed E-state index contributed by atoms with van der Waals surface area (Å²) in [4.78, 5) is 16.3. The number of carbonyl (C=O) groups is 1. The SMILES string of the molecule is CC1CCC(N2CCC(C#N)(NC(=O)C(CC3CCCCC3)NC3=NS(=O)(=O)c4ccccc43)C2)CC1. The summed E-state index contributed by atoms with van der Waals surface area (Å²) in [6, 6.07) is 8.98. The highest BCUT2D eigenvalue weighted by Crippen LogP contribution is 2.33. The summed E-state index contributed by atoms with van der Waals surface area (Å²) in [7, 11) is -3.79. The van der Waals surface area contributed by atoms with Crippen molar-refractivity contribution < 1.29 is 13.2 Å². The summed E-state index contributed by atoms with van der Waals surface area (Å²) in [5.41, 5.74) is -0.425. The van der Waals surface area contributed by atoms with E-state index < -0.39 is 21.6 Å². The van der Waals surface area contributed by atoms with Gasteiger partial charge in [-0.2, -0.15) is 13.7 Å². The van der Waals surface area contributed by atoms with Crippen molar-refractivity contribution in [3.8, 4) is 6.07 Å². The van der Waals surface area contributed by atoms with Crippen LogP contribution in [0.15, 0.2) is 33.6 Å². The molecule has 2 heterocycles. The Bertz CT molecular complexity index is 1180. The Morgan fingerprint density at radius 2 is 1.89 bits per heavy atom. The van der Waals surface area contributed by atoms with Crippen LogP contribution in [0.5, 0.6) is 0 Å². The summed E-state index contributed by atoms with van der Waals surface area (Å²) in [6.45, 7) is 3.66. The molecule has 200 valence electrons. The molecule has 1 saturated heterocycles. The Morgan fingerprint density at radius 3 is 2.62 bits per heavy atom. The fourth-order valence-corrected chi connectivity index (χ4v) is 7.85.